The Morgan fingerprint density at radius 2 is 1.76 bits per heavy atom. The summed E-state index contributed by atoms with van der Waals surface area (Å²) in [5, 5.41) is 0. The lowest BCUT2D eigenvalue weighted by atomic mass is 9.89. The van der Waals surface area contributed by atoms with Gasteiger partial charge < -0.3 is 9.31 Å². The Morgan fingerprint density at radius 3 is 2.24 bits per heavy atom. The first kappa shape index (κ1) is 16.2. The van der Waals surface area contributed by atoms with E-state index in [0.717, 1.165) is 17.7 Å². The van der Waals surface area contributed by atoms with Gasteiger partial charge in [-0.3, -0.25) is 4.98 Å². The molecule has 3 nitrogen and oxygen atoms in total. The first-order valence-electron chi connectivity index (χ1n) is 7.68. The van der Waals surface area contributed by atoms with Crippen LogP contribution >= 0.6 is 0 Å². The molecule has 0 aliphatic carbocycles. The van der Waals surface area contributed by atoms with Gasteiger partial charge in [-0.05, 0) is 51.7 Å². The molecule has 2 rings (SSSR count). The van der Waals surface area contributed by atoms with E-state index in [2.05, 4.69) is 58.7 Å². The second-order valence-electron chi connectivity index (χ2n) is 7.16. The van der Waals surface area contributed by atoms with E-state index < -0.39 is 0 Å². The lowest BCUT2D eigenvalue weighted by molar-refractivity contribution is 0.00578. The highest BCUT2D eigenvalue weighted by Crippen LogP contribution is 2.36. The Labute approximate surface area is 128 Å². The van der Waals surface area contributed by atoms with E-state index >= 15 is 0 Å². The molecule has 0 aromatic carbocycles. The molecule has 0 amide bonds. The Bertz CT molecular complexity index is 490. The van der Waals surface area contributed by atoms with Crippen LogP contribution in [0, 0.1) is 5.92 Å². The summed E-state index contributed by atoms with van der Waals surface area (Å²) in [6.07, 6.45) is 4.93. The van der Waals surface area contributed by atoms with Crippen LogP contribution in [0.2, 0.25) is 0 Å². The number of rotatable bonds is 4. The fourth-order valence-electron chi connectivity index (χ4n) is 2.23. The van der Waals surface area contributed by atoms with Gasteiger partial charge in [0.2, 0.25) is 0 Å². The van der Waals surface area contributed by atoms with Crippen LogP contribution in [0.4, 0.5) is 0 Å². The minimum absolute atomic E-state index is 0.290. The summed E-state index contributed by atoms with van der Waals surface area (Å²) in [6, 6.07) is 4.18. The first-order chi connectivity index (χ1) is 9.69. The minimum Gasteiger partial charge on any atom is -0.400 e. The normalized spacial score (nSPS) is 20.6. The zero-order chi connectivity index (χ0) is 15.7. The van der Waals surface area contributed by atoms with Crippen LogP contribution in [0.5, 0.6) is 0 Å². The Morgan fingerprint density at radius 1 is 1.14 bits per heavy atom. The van der Waals surface area contributed by atoms with Crippen molar-refractivity contribution in [3.63, 3.8) is 0 Å². The highest BCUT2D eigenvalue weighted by Gasteiger charge is 2.49. The summed E-state index contributed by atoms with van der Waals surface area (Å²) >= 11 is 0. The van der Waals surface area contributed by atoms with E-state index in [1.807, 2.05) is 18.2 Å². The molecule has 114 valence electrons. The quantitative estimate of drug-likeness (QED) is 0.786. The second kappa shape index (κ2) is 5.94. The van der Waals surface area contributed by atoms with Gasteiger partial charge in [-0.25, -0.2) is 0 Å². The predicted octanol–water partition coefficient (Wildman–Crippen LogP) is 3.92. The monoisotopic (exact) mass is 287 g/mol. The van der Waals surface area contributed by atoms with Crippen molar-refractivity contribution in [2.75, 3.05) is 0 Å². The maximum Gasteiger partial charge on any atom is 0.487 e. The Balaban J connectivity index is 1.99. The van der Waals surface area contributed by atoms with E-state index in [1.165, 1.54) is 0 Å². The van der Waals surface area contributed by atoms with Gasteiger partial charge in [-0.2, -0.15) is 0 Å². The molecule has 1 aliphatic heterocycles. The summed E-state index contributed by atoms with van der Waals surface area (Å²) in [7, 11) is -0.301. The van der Waals surface area contributed by atoms with Crippen molar-refractivity contribution in [3.8, 4) is 0 Å². The number of pyridine rings is 1. The topological polar surface area (TPSA) is 31.4 Å². The van der Waals surface area contributed by atoms with Crippen molar-refractivity contribution in [2.24, 2.45) is 5.92 Å². The molecule has 0 unspecified atom stereocenters. The van der Waals surface area contributed by atoms with Crippen LogP contribution in [0.15, 0.2) is 24.3 Å². The summed E-state index contributed by atoms with van der Waals surface area (Å²) in [6.45, 7) is 12.6. The fraction of sp³-hybridized carbons (Fsp3) is 0.588. The third-order valence-electron chi connectivity index (χ3n) is 4.18. The smallest absolute Gasteiger partial charge is 0.400 e. The number of hydrogen-bond donors (Lipinski definition) is 0. The number of nitrogens with zero attached hydrogens (tertiary/aromatic N) is 1. The zero-order valence-electron chi connectivity index (χ0n) is 14.0. The number of aromatic nitrogens is 1. The molecule has 1 saturated heterocycles. The maximum absolute atomic E-state index is 5.93. The van der Waals surface area contributed by atoms with Crippen LogP contribution in [0.3, 0.4) is 0 Å². The van der Waals surface area contributed by atoms with Crippen molar-refractivity contribution in [1.82, 2.24) is 4.98 Å². The van der Waals surface area contributed by atoms with E-state index in [0.29, 0.717) is 5.92 Å². The molecule has 0 saturated carbocycles. The first-order valence-corrected chi connectivity index (χ1v) is 7.68. The van der Waals surface area contributed by atoms with Crippen LogP contribution < -0.4 is 0 Å². The lowest BCUT2D eigenvalue weighted by Crippen LogP contribution is -2.41. The molecule has 0 spiro atoms. The third-order valence-corrected chi connectivity index (χ3v) is 4.18. The second-order valence-corrected chi connectivity index (χ2v) is 7.16. The van der Waals surface area contributed by atoms with Gasteiger partial charge in [0, 0.05) is 11.9 Å². The molecule has 1 aromatic rings. The average Bonchev–Trinajstić information content (AvgIpc) is 2.56. The highest BCUT2D eigenvalue weighted by atomic mass is 16.7. The highest BCUT2D eigenvalue weighted by molar-refractivity contribution is 6.52. The van der Waals surface area contributed by atoms with E-state index in [1.54, 1.807) is 0 Å². The largest absolute Gasteiger partial charge is 0.487 e. The van der Waals surface area contributed by atoms with Crippen LogP contribution in [-0.4, -0.2) is 23.3 Å². The molecule has 0 radical (unpaired) electrons. The summed E-state index contributed by atoms with van der Waals surface area (Å²) in [4.78, 5) is 4.49. The Hall–Kier alpha value is -1.13. The van der Waals surface area contributed by atoms with Crippen molar-refractivity contribution < 1.29 is 9.31 Å². The SMILES string of the molecule is CC(C)Cc1ccc(/C=C/B2OC(C)(C)C(C)(C)O2)cn1. The van der Waals surface area contributed by atoms with E-state index in [-0.39, 0.29) is 18.3 Å². The molecule has 21 heavy (non-hydrogen) atoms. The van der Waals surface area contributed by atoms with Crippen molar-refractivity contribution in [1.29, 1.82) is 0 Å². The van der Waals surface area contributed by atoms with Crippen LogP contribution in [0.1, 0.15) is 52.8 Å². The molecule has 0 N–H and O–H groups in total. The van der Waals surface area contributed by atoms with Crippen molar-refractivity contribution in [3.05, 3.63) is 35.6 Å². The average molecular weight is 287 g/mol. The molecular weight excluding hydrogens is 261 g/mol. The van der Waals surface area contributed by atoms with E-state index in [4.69, 9.17) is 9.31 Å². The van der Waals surface area contributed by atoms with Gasteiger partial charge in [-0.1, -0.05) is 32.0 Å². The Kier molecular flexibility index (Phi) is 4.59. The molecule has 1 fully saturated rings. The zero-order valence-corrected chi connectivity index (χ0v) is 14.0. The van der Waals surface area contributed by atoms with Crippen molar-refractivity contribution in [2.45, 2.75) is 59.2 Å². The molecule has 0 bridgehead atoms. The van der Waals surface area contributed by atoms with Gasteiger partial charge >= 0.3 is 7.12 Å². The summed E-state index contributed by atoms with van der Waals surface area (Å²) in [5.74, 6) is 2.58. The summed E-state index contributed by atoms with van der Waals surface area (Å²) < 4.78 is 11.9. The lowest BCUT2D eigenvalue weighted by Gasteiger charge is -2.32. The molecule has 1 aromatic heterocycles. The van der Waals surface area contributed by atoms with Gasteiger partial charge in [0.25, 0.3) is 0 Å². The number of hydrogen-bond acceptors (Lipinski definition) is 3. The maximum atomic E-state index is 5.93. The van der Waals surface area contributed by atoms with Gasteiger partial charge in [0.1, 0.15) is 0 Å². The van der Waals surface area contributed by atoms with Crippen LogP contribution in [-0.2, 0) is 15.7 Å². The van der Waals surface area contributed by atoms with Crippen LogP contribution in [0.25, 0.3) is 6.08 Å². The van der Waals surface area contributed by atoms with Gasteiger partial charge in [0.05, 0.1) is 11.2 Å². The summed E-state index contributed by atoms with van der Waals surface area (Å²) in [5.41, 5.74) is 1.62. The molecule has 0 atom stereocenters. The fourth-order valence-corrected chi connectivity index (χ4v) is 2.23. The minimum atomic E-state index is -0.301. The molecule has 1 aliphatic rings. The van der Waals surface area contributed by atoms with E-state index in [9.17, 15) is 0 Å². The molecule has 4 heteroatoms. The third kappa shape index (κ3) is 3.95. The van der Waals surface area contributed by atoms with Gasteiger partial charge in [-0.15, -0.1) is 0 Å². The molecule has 2 heterocycles. The standard InChI is InChI=1S/C17H26BNO2/c1-13(2)11-15-8-7-14(12-19-15)9-10-18-20-16(3,4)17(5,6)21-18/h7-10,12-13H,11H2,1-6H3/b10-9+. The predicted molar refractivity (Wildman–Crippen MR) is 87.9 cm³/mol. The van der Waals surface area contributed by atoms with Crippen molar-refractivity contribution >= 4 is 13.2 Å². The van der Waals surface area contributed by atoms with Gasteiger partial charge in [0.15, 0.2) is 0 Å². The molecular formula is C17H26BNO2.